The fourth-order valence-electron chi connectivity index (χ4n) is 1.75. The maximum atomic E-state index is 13.1. The first-order chi connectivity index (χ1) is 9.13. The molecule has 0 radical (unpaired) electrons. The molecule has 0 bridgehead atoms. The maximum absolute atomic E-state index is 13.1. The lowest BCUT2D eigenvalue weighted by Crippen LogP contribution is -2.00. The van der Waals surface area contributed by atoms with Gasteiger partial charge in [0.2, 0.25) is 5.88 Å². The SMILES string of the molecule is Cc1c(Cl)nc(C2CC2)nc1Oc1cccc(F)c1. The number of rotatable bonds is 3. The first-order valence-corrected chi connectivity index (χ1v) is 6.49. The third-order valence-electron chi connectivity index (χ3n) is 3.01. The summed E-state index contributed by atoms with van der Waals surface area (Å²) in [5.74, 6) is 1.54. The summed E-state index contributed by atoms with van der Waals surface area (Å²) in [5.41, 5.74) is 0.662. The summed E-state index contributed by atoms with van der Waals surface area (Å²) >= 11 is 6.08. The number of aromatic nitrogens is 2. The molecule has 3 rings (SSSR count). The molecule has 0 saturated heterocycles. The summed E-state index contributed by atoms with van der Waals surface area (Å²) < 4.78 is 18.7. The summed E-state index contributed by atoms with van der Waals surface area (Å²) in [7, 11) is 0. The zero-order valence-electron chi connectivity index (χ0n) is 10.4. The molecule has 0 spiro atoms. The van der Waals surface area contributed by atoms with Crippen molar-refractivity contribution in [1.82, 2.24) is 9.97 Å². The van der Waals surface area contributed by atoms with Crippen molar-refractivity contribution in [1.29, 1.82) is 0 Å². The first kappa shape index (κ1) is 12.4. The number of nitrogens with zero attached hydrogens (tertiary/aromatic N) is 2. The van der Waals surface area contributed by atoms with Crippen LogP contribution in [0.15, 0.2) is 24.3 Å². The van der Waals surface area contributed by atoms with Gasteiger partial charge < -0.3 is 4.74 Å². The Balaban J connectivity index is 1.95. The third-order valence-corrected chi connectivity index (χ3v) is 3.38. The predicted octanol–water partition coefficient (Wildman–Crippen LogP) is 4.25. The summed E-state index contributed by atoms with van der Waals surface area (Å²) in [4.78, 5) is 8.63. The number of hydrogen-bond acceptors (Lipinski definition) is 3. The highest BCUT2D eigenvalue weighted by molar-refractivity contribution is 6.30. The highest BCUT2D eigenvalue weighted by Crippen LogP contribution is 2.40. The van der Waals surface area contributed by atoms with E-state index >= 15 is 0 Å². The van der Waals surface area contributed by atoms with Gasteiger partial charge in [0.25, 0.3) is 0 Å². The molecule has 3 nitrogen and oxygen atoms in total. The van der Waals surface area contributed by atoms with Gasteiger partial charge in [-0.25, -0.2) is 9.37 Å². The van der Waals surface area contributed by atoms with E-state index in [9.17, 15) is 4.39 Å². The minimum absolute atomic E-state index is 0.349. The highest BCUT2D eigenvalue weighted by atomic mass is 35.5. The van der Waals surface area contributed by atoms with E-state index in [0.717, 1.165) is 12.8 Å². The van der Waals surface area contributed by atoms with E-state index < -0.39 is 0 Å². The zero-order chi connectivity index (χ0) is 13.4. The van der Waals surface area contributed by atoms with Crippen LogP contribution in [0, 0.1) is 12.7 Å². The molecule has 19 heavy (non-hydrogen) atoms. The van der Waals surface area contributed by atoms with Gasteiger partial charge in [0.1, 0.15) is 22.5 Å². The average molecular weight is 279 g/mol. The van der Waals surface area contributed by atoms with Gasteiger partial charge in [0.15, 0.2) is 0 Å². The van der Waals surface area contributed by atoms with Crippen LogP contribution in [0.1, 0.15) is 30.1 Å². The molecular weight excluding hydrogens is 267 g/mol. The van der Waals surface area contributed by atoms with Crippen LogP contribution in [0.4, 0.5) is 4.39 Å². The first-order valence-electron chi connectivity index (χ1n) is 6.11. The lowest BCUT2D eigenvalue weighted by molar-refractivity contribution is 0.450. The van der Waals surface area contributed by atoms with Crippen molar-refractivity contribution in [2.45, 2.75) is 25.7 Å². The second-order valence-corrected chi connectivity index (χ2v) is 4.99. The second-order valence-electron chi connectivity index (χ2n) is 4.64. The van der Waals surface area contributed by atoms with Gasteiger partial charge >= 0.3 is 0 Å². The van der Waals surface area contributed by atoms with Crippen molar-refractivity contribution in [3.63, 3.8) is 0 Å². The van der Waals surface area contributed by atoms with E-state index in [2.05, 4.69) is 9.97 Å². The normalized spacial score (nSPS) is 14.5. The van der Waals surface area contributed by atoms with Crippen LogP contribution in [0.5, 0.6) is 11.6 Å². The number of ether oxygens (including phenoxy) is 1. The lowest BCUT2D eigenvalue weighted by Gasteiger charge is -2.10. The summed E-state index contributed by atoms with van der Waals surface area (Å²) in [6.45, 7) is 1.79. The molecule has 1 saturated carbocycles. The van der Waals surface area contributed by atoms with Gasteiger partial charge in [-0.1, -0.05) is 17.7 Å². The van der Waals surface area contributed by atoms with E-state index in [1.807, 2.05) is 0 Å². The minimum Gasteiger partial charge on any atom is -0.438 e. The predicted molar refractivity (Wildman–Crippen MR) is 70.2 cm³/mol. The van der Waals surface area contributed by atoms with Crippen molar-refractivity contribution < 1.29 is 9.13 Å². The Morgan fingerprint density at radius 1 is 1.32 bits per heavy atom. The van der Waals surface area contributed by atoms with Crippen molar-refractivity contribution >= 4 is 11.6 Å². The molecular formula is C14H12ClFN2O. The van der Waals surface area contributed by atoms with E-state index in [1.165, 1.54) is 12.1 Å². The fourth-order valence-corrected chi connectivity index (χ4v) is 1.92. The molecule has 0 N–H and O–H groups in total. The van der Waals surface area contributed by atoms with Crippen LogP contribution in [-0.2, 0) is 0 Å². The van der Waals surface area contributed by atoms with Crippen LogP contribution in [0.3, 0.4) is 0 Å². The minimum atomic E-state index is -0.349. The molecule has 1 heterocycles. The van der Waals surface area contributed by atoms with Crippen LogP contribution in [0.25, 0.3) is 0 Å². The van der Waals surface area contributed by atoms with Crippen molar-refractivity contribution in [3.8, 4) is 11.6 Å². The molecule has 5 heteroatoms. The van der Waals surface area contributed by atoms with Gasteiger partial charge in [0.05, 0.1) is 0 Å². The number of benzene rings is 1. The molecule has 1 aromatic carbocycles. The smallest absolute Gasteiger partial charge is 0.226 e. The Labute approximate surface area is 115 Å². The number of hydrogen-bond donors (Lipinski definition) is 0. The average Bonchev–Trinajstić information content (AvgIpc) is 3.19. The molecule has 1 aliphatic carbocycles. The summed E-state index contributed by atoms with van der Waals surface area (Å²) in [6.07, 6.45) is 2.16. The van der Waals surface area contributed by atoms with Crippen LogP contribution in [-0.4, -0.2) is 9.97 Å². The van der Waals surface area contributed by atoms with Gasteiger partial charge in [0, 0.05) is 17.5 Å². The van der Waals surface area contributed by atoms with Gasteiger partial charge in [-0.3, -0.25) is 0 Å². The second kappa shape index (κ2) is 4.78. The Morgan fingerprint density at radius 2 is 2.11 bits per heavy atom. The molecule has 0 atom stereocenters. The third kappa shape index (κ3) is 2.68. The Kier molecular flexibility index (Phi) is 3.11. The topological polar surface area (TPSA) is 35.0 Å². The van der Waals surface area contributed by atoms with Crippen LogP contribution >= 0.6 is 11.6 Å². The molecule has 1 fully saturated rings. The summed E-state index contributed by atoms with van der Waals surface area (Å²) in [6, 6.07) is 5.94. The molecule has 0 unspecified atom stereocenters. The Hall–Kier alpha value is -1.68. The molecule has 98 valence electrons. The van der Waals surface area contributed by atoms with Gasteiger partial charge in [-0.05, 0) is 31.9 Å². The maximum Gasteiger partial charge on any atom is 0.226 e. The summed E-state index contributed by atoms with van der Waals surface area (Å²) in [5, 5.41) is 0.392. The zero-order valence-corrected chi connectivity index (χ0v) is 11.1. The quantitative estimate of drug-likeness (QED) is 0.788. The molecule has 2 aromatic rings. The van der Waals surface area contributed by atoms with Gasteiger partial charge in [-0.15, -0.1) is 0 Å². The van der Waals surface area contributed by atoms with E-state index in [0.29, 0.717) is 34.1 Å². The Bertz CT molecular complexity index is 629. The lowest BCUT2D eigenvalue weighted by atomic mass is 10.3. The van der Waals surface area contributed by atoms with Gasteiger partial charge in [-0.2, -0.15) is 4.98 Å². The van der Waals surface area contributed by atoms with Crippen LogP contribution in [0.2, 0.25) is 5.15 Å². The Morgan fingerprint density at radius 3 is 2.79 bits per heavy atom. The van der Waals surface area contributed by atoms with E-state index in [1.54, 1.807) is 19.1 Å². The molecule has 0 amide bonds. The van der Waals surface area contributed by atoms with Crippen LogP contribution < -0.4 is 4.74 Å². The highest BCUT2D eigenvalue weighted by Gasteiger charge is 2.28. The van der Waals surface area contributed by atoms with E-state index in [4.69, 9.17) is 16.3 Å². The molecule has 1 aliphatic rings. The van der Waals surface area contributed by atoms with Crippen molar-refractivity contribution in [2.24, 2.45) is 0 Å². The molecule has 1 aromatic heterocycles. The van der Waals surface area contributed by atoms with Crippen molar-refractivity contribution in [3.05, 3.63) is 46.6 Å². The van der Waals surface area contributed by atoms with E-state index in [-0.39, 0.29) is 5.82 Å². The largest absolute Gasteiger partial charge is 0.438 e. The standard InChI is InChI=1S/C14H12ClFN2O/c1-8-12(15)17-13(9-5-6-9)18-14(8)19-11-4-2-3-10(16)7-11/h2-4,7,9H,5-6H2,1H3. The van der Waals surface area contributed by atoms with Crippen molar-refractivity contribution in [2.75, 3.05) is 0 Å². The fraction of sp³-hybridized carbons (Fsp3) is 0.286. The monoisotopic (exact) mass is 278 g/mol. The molecule has 0 aliphatic heterocycles. The number of halogens is 2.